The highest BCUT2D eigenvalue weighted by molar-refractivity contribution is 7.82. The molecule has 1 aliphatic heterocycles. The molecule has 1 aromatic carbocycles. The molecule has 12 nitrogen and oxygen atoms in total. The van der Waals surface area contributed by atoms with Crippen molar-refractivity contribution in [2.45, 2.75) is 0 Å². The van der Waals surface area contributed by atoms with Crippen molar-refractivity contribution in [3.63, 3.8) is 0 Å². The topological polar surface area (TPSA) is 202 Å². The van der Waals surface area contributed by atoms with Gasteiger partial charge in [0.2, 0.25) is 17.4 Å². The van der Waals surface area contributed by atoms with Crippen molar-refractivity contribution in [2.75, 3.05) is 17.2 Å². The molecule has 0 saturated heterocycles. The van der Waals surface area contributed by atoms with Crippen molar-refractivity contribution >= 4 is 39.1 Å². The van der Waals surface area contributed by atoms with Crippen molar-refractivity contribution in [1.82, 2.24) is 19.9 Å². The zero-order valence-electron chi connectivity index (χ0n) is 12.2. The molecule has 3 aromatic rings. The predicted octanol–water partition coefficient (Wildman–Crippen LogP) is -0.445. The van der Waals surface area contributed by atoms with Crippen LogP contribution in [-0.2, 0) is 10.4 Å². The highest BCUT2D eigenvalue weighted by atomic mass is 32.3. The molecule has 0 aliphatic carbocycles. The lowest BCUT2D eigenvalue weighted by atomic mass is 10.1. The molecular formula is C12H9N7O5S. The third-order valence-electron chi connectivity index (χ3n) is 3.32. The van der Waals surface area contributed by atoms with Gasteiger partial charge in [-0.3, -0.25) is 0 Å². The van der Waals surface area contributed by atoms with E-state index in [0.717, 1.165) is 0 Å². The maximum Gasteiger partial charge on any atom is 0.501 e. The summed E-state index contributed by atoms with van der Waals surface area (Å²) < 4.78 is 32.4. The fourth-order valence-electron chi connectivity index (χ4n) is 2.32. The van der Waals surface area contributed by atoms with Crippen molar-refractivity contribution in [3.05, 3.63) is 12.1 Å². The van der Waals surface area contributed by atoms with Crippen LogP contribution in [-0.4, -0.2) is 33.5 Å². The largest absolute Gasteiger partial charge is 0.504 e. The number of aromatic hydroxyl groups is 1. The number of rotatable bonds is 1. The molecule has 0 radical (unpaired) electrons. The summed E-state index contributed by atoms with van der Waals surface area (Å²) in [5.41, 5.74) is 17.5. The van der Waals surface area contributed by atoms with Gasteiger partial charge in [0, 0.05) is 0 Å². The number of phenols is 1. The van der Waals surface area contributed by atoms with Crippen LogP contribution in [0.15, 0.2) is 12.1 Å². The average Bonchev–Trinajstić information content (AvgIpc) is 2.84. The molecule has 25 heavy (non-hydrogen) atoms. The Bertz CT molecular complexity index is 1160. The number of benzene rings is 1. The van der Waals surface area contributed by atoms with Crippen LogP contribution in [0.3, 0.4) is 0 Å². The zero-order valence-corrected chi connectivity index (χ0v) is 13.0. The molecule has 3 heterocycles. The molecule has 0 unspecified atom stereocenters. The van der Waals surface area contributed by atoms with E-state index in [1.807, 2.05) is 0 Å². The fourth-order valence-corrected chi connectivity index (χ4v) is 3.09. The Labute approximate surface area is 139 Å². The molecule has 2 aromatic heterocycles. The number of anilines is 3. The highest BCUT2D eigenvalue weighted by Crippen LogP contribution is 2.49. The summed E-state index contributed by atoms with van der Waals surface area (Å²) in [6, 6.07) is 2.55. The van der Waals surface area contributed by atoms with Crippen LogP contribution in [0.5, 0.6) is 17.2 Å². The van der Waals surface area contributed by atoms with E-state index in [-0.39, 0.29) is 51.5 Å². The Morgan fingerprint density at radius 1 is 0.920 bits per heavy atom. The van der Waals surface area contributed by atoms with Crippen LogP contribution in [0.2, 0.25) is 0 Å². The molecule has 0 bridgehead atoms. The molecule has 13 heteroatoms. The fraction of sp³-hybridized carbons (Fsp3) is 0. The van der Waals surface area contributed by atoms with Crippen molar-refractivity contribution in [3.8, 4) is 28.5 Å². The van der Waals surface area contributed by atoms with E-state index in [9.17, 15) is 13.5 Å². The van der Waals surface area contributed by atoms with Gasteiger partial charge in [-0.15, -0.1) is 8.42 Å². The number of nitrogens with two attached hydrogens (primary N) is 3. The lowest BCUT2D eigenvalue weighted by Crippen LogP contribution is -2.08. The normalized spacial score (nSPS) is 14.7. The summed E-state index contributed by atoms with van der Waals surface area (Å²) in [4.78, 5) is 16.0. The SMILES string of the molecule is Nc1nc(N)c2nc(-c3ccc(O)c4c3OS(=O)(=O)O4)c(N)nc2n1. The Balaban J connectivity index is 2.01. The second kappa shape index (κ2) is 4.70. The highest BCUT2D eigenvalue weighted by Gasteiger charge is 2.35. The summed E-state index contributed by atoms with van der Waals surface area (Å²) in [6.45, 7) is 0. The molecule has 0 atom stereocenters. The van der Waals surface area contributed by atoms with Gasteiger partial charge in [-0.1, -0.05) is 0 Å². The Morgan fingerprint density at radius 2 is 1.64 bits per heavy atom. The maximum absolute atomic E-state index is 11.5. The number of hydrogen-bond acceptors (Lipinski definition) is 12. The van der Waals surface area contributed by atoms with Gasteiger partial charge >= 0.3 is 10.4 Å². The molecule has 7 N–H and O–H groups in total. The van der Waals surface area contributed by atoms with E-state index < -0.39 is 16.1 Å². The van der Waals surface area contributed by atoms with Gasteiger partial charge in [-0.25, -0.2) is 9.97 Å². The van der Waals surface area contributed by atoms with Crippen molar-refractivity contribution < 1.29 is 21.9 Å². The molecule has 128 valence electrons. The number of aromatic nitrogens is 4. The Morgan fingerprint density at radius 3 is 2.40 bits per heavy atom. The second-order valence-corrected chi connectivity index (χ2v) is 6.11. The number of fused-ring (bicyclic) bond motifs is 2. The van der Waals surface area contributed by atoms with Crippen molar-refractivity contribution in [1.29, 1.82) is 0 Å². The van der Waals surface area contributed by atoms with Crippen LogP contribution < -0.4 is 25.6 Å². The molecule has 4 rings (SSSR count). The Kier molecular flexibility index (Phi) is 2.81. The van der Waals surface area contributed by atoms with E-state index >= 15 is 0 Å². The van der Waals surface area contributed by atoms with E-state index in [1.54, 1.807) is 0 Å². The number of nitrogen functional groups attached to an aromatic ring is 3. The summed E-state index contributed by atoms with van der Waals surface area (Å²) in [5, 5.41) is 9.76. The predicted molar refractivity (Wildman–Crippen MR) is 85.6 cm³/mol. The van der Waals surface area contributed by atoms with Gasteiger partial charge in [0.25, 0.3) is 0 Å². The van der Waals surface area contributed by atoms with Crippen LogP contribution in [0, 0.1) is 0 Å². The quantitative estimate of drug-likeness (QED) is 0.434. The summed E-state index contributed by atoms with van der Waals surface area (Å²) in [7, 11) is -4.34. The third kappa shape index (κ3) is 2.25. The van der Waals surface area contributed by atoms with Crippen LogP contribution in [0.1, 0.15) is 0 Å². The van der Waals surface area contributed by atoms with Gasteiger partial charge < -0.3 is 30.7 Å². The van der Waals surface area contributed by atoms with Crippen molar-refractivity contribution in [2.24, 2.45) is 0 Å². The second-order valence-electron chi connectivity index (χ2n) is 4.96. The first-order valence-corrected chi connectivity index (χ1v) is 7.95. The molecular weight excluding hydrogens is 354 g/mol. The standard InChI is InChI=1S/C12H9N7O5S/c13-9-5(16-6-10(14)18-12(15)19-11(6)17-9)3-1-2-4(20)8-7(3)23-25(21,22)24-8/h1-2,20H,(H6,13,14,15,17,18,19). The molecule has 0 fully saturated rings. The third-order valence-corrected chi connectivity index (χ3v) is 4.06. The summed E-state index contributed by atoms with van der Waals surface area (Å²) in [5.74, 6) is -1.29. The lowest BCUT2D eigenvalue weighted by molar-refractivity contribution is 0.419. The number of hydrogen-bond donors (Lipinski definition) is 4. The minimum Gasteiger partial charge on any atom is -0.504 e. The first-order chi connectivity index (χ1) is 11.7. The van der Waals surface area contributed by atoms with Gasteiger partial charge in [-0.05, 0) is 12.1 Å². The van der Waals surface area contributed by atoms with Crippen LogP contribution in [0.25, 0.3) is 22.4 Å². The molecule has 0 amide bonds. The first kappa shape index (κ1) is 14.9. The smallest absolute Gasteiger partial charge is 0.501 e. The maximum atomic E-state index is 11.5. The number of nitrogens with zero attached hydrogens (tertiary/aromatic N) is 4. The van der Waals surface area contributed by atoms with E-state index in [0.29, 0.717) is 0 Å². The van der Waals surface area contributed by atoms with Gasteiger partial charge in [0.05, 0.1) is 5.56 Å². The number of phenolic OH excluding ortho intramolecular Hbond substituents is 1. The average molecular weight is 363 g/mol. The van der Waals surface area contributed by atoms with E-state index in [1.165, 1.54) is 12.1 Å². The van der Waals surface area contributed by atoms with Crippen LogP contribution in [0.4, 0.5) is 17.6 Å². The van der Waals surface area contributed by atoms with Gasteiger partial charge in [-0.2, -0.15) is 9.97 Å². The van der Waals surface area contributed by atoms with Gasteiger partial charge in [0.15, 0.2) is 28.5 Å². The minimum atomic E-state index is -4.34. The molecule has 0 saturated carbocycles. The summed E-state index contributed by atoms with van der Waals surface area (Å²) in [6.07, 6.45) is 0. The van der Waals surface area contributed by atoms with E-state index in [2.05, 4.69) is 24.1 Å². The monoisotopic (exact) mass is 363 g/mol. The molecule has 1 aliphatic rings. The Hall–Kier alpha value is -3.61. The molecule has 0 spiro atoms. The van der Waals surface area contributed by atoms with Crippen LogP contribution >= 0.6 is 0 Å². The first-order valence-electron chi connectivity index (χ1n) is 6.61. The summed E-state index contributed by atoms with van der Waals surface area (Å²) >= 11 is 0. The lowest BCUT2D eigenvalue weighted by Gasteiger charge is -2.09. The minimum absolute atomic E-state index is 0.0311. The van der Waals surface area contributed by atoms with E-state index in [4.69, 9.17) is 21.4 Å². The van der Waals surface area contributed by atoms with Gasteiger partial charge in [0.1, 0.15) is 5.69 Å². The zero-order chi connectivity index (χ0) is 17.9.